The molecule has 8 heteroatoms. The Hall–Kier alpha value is -1.99. The van der Waals surface area contributed by atoms with Crippen LogP contribution in [-0.2, 0) is 15.3 Å². The Morgan fingerprint density at radius 3 is 2.56 bits per heavy atom. The van der Waals surface area contributed by atoms with E-state index >= 15 is 0 Å². The average Bonchev–Trinajstić information content (AvgIpc) is 3.07. The molecule has 0 spiro atoms. The Morgan fingerprint density at radius 1 is 1.32 bits per heavy atom. The van der Waals surface area contributed by atoms with Crippen LogP contribution >= 0.6 is 23.4 Å². The van der Waals surface area contributed by atoms with Crippen molar-refractivity contribution in [1.82, 2.24) is 9.88 Å². The van der Waals surface area contributed by atoms with E-state index in [-0.39, 0.29) is 5.91 Å². The highest BCUT2D eigenvalue weighted by Crippen LogP contribution is 2.25. The number of amides is 1. The zero-order valence-corrected chi connectivity index (χ0v) is 15.7. The zero-order valence-electron chi connectivity index (χ0n) is 14.1. The largest absolute Gasteiger partial charge is 0.480 e. The van der Waals surface area contributed by atoms with E-state index in [0.29, 0.717) is 22.4 Å². The first-order valence-electron chi connectivity index (χ1n) is 7.61. The molecule has 2 atom stereocenters. The molecule has 2 unspecified atom stereocenters. The first-order chi connectivity index (χ1) is 11.8. The number of carboxylic acids is 1. The predicted molar refractivity (Wildman–Crippen MR) is 97.6 cm³/mol. The van der Waals surface area contributed by atoms with Gasteiger partial charge in [-0.3, -0.25) is 4.79 Å². The SMILES string of the molecule is CC(SCc1ncc(-c2ccc(Cl)cc2)o1)C(=O)N(C)C(C)C(=O)O. The number of likely N-dealkylation sites (N-methyl/N-ethyl adjacent to an activating group) is 1. The molecule has 0 bridgehead atoms. The van der Waals surface area contributed by atoms with E-state index in [9.17, 15) is 9.59 Å². The Labute approximate surface area is 155 Å². The van der Waals surface area contributed by atoms with Crippen LogP contribution in [0.5, 0.6) is 0 Å². The minimum absolute atomic E-state index is 0.246. The highest BCUT2D eigenvalue weighted by atomic mass is 35.5. The van der Waals surface area contributed by atoms with Gasteiger partial charge in [0.1, 0.15) is 6.04 Å². The van der Waals surface area contributed by atoms with Crippen LogP contribution in [0.2, 0.25) is 5.02 Å². The molecule has 1 N–H and O–H groups in total. The molecule has 1 aromatic carbocycles. The summed E-state index contributed by atoms with van der Waals surface area (Å²) in [7, 11) is 1.49. The van der Waals surface area contributed by atoms with E-state index in [1.165, 1.54) is 30.6 Å². The van der Waals surface area contributed by atoms with E-state index in [4.69, 9.17) is 21.1 Å². The van der Waals surface area contributed by atoms with Gasteiger partial charge in [0.15, 0.2) is 5.76 Å². The number of carbonyl (C=O) groups excluding carboxylic acids is 1. The van der Waals surface area contributed by atoms with Crippen molar-refractivity contribution in [2.24, 2.45) is 0 Å². The smallest absolute Gasteiger partial charge is 0.326 e. The minimum atomic E-state index is -1.03. The number of rotatable bonds is 7. The standard InChI is InChI=1S/C17H19ClN2O4S/c1-10(17(22)23)20(3)16(21)11(2)25-9-15-19-8-14(24-15)12-4-6-13(18)7-5-12/h4-8,10-11H,9H2,1-3H3,(H,22,23). The summed E-state index contributed by atoms with van der Waals surface area (Å²) in [4.78, 5) is 28.7. The van der Waals surface area contributed by atoms with Crippen LogP contribution < -0.4 is 0 Å². The topological polar surface area (TPSA) is 83.6 Å². The third-order valence-electron chi connectivity index (χ3n) is 3.77. The number of nitrogens with zero attached hydrogens (tertiary/aromatic N) is 2. The van der Waals surface area contributed by atoms with Crippen LogP contribution in [0.15, 0.2) is 34.9 Å². The molecule has 1 amide bonds. The molecule has 25 heavy (non-hydrogen) atoms. The first kappa shape index (κ1) is 19.3. The lowest BCUT2D eigenvalue weighted by Gasteiger charge is -2.24. The lowest BCUT2D eigenvalue weighted by molar-refractivity contribution is -0.147. The van der Waals surface area contributed by atoms with Crippen molar-refractivity contribution in [2.45, 2.75) is 30.9 Å². The second-order valence-corrected chi connectivity index (χ2v) is 7.31. The lowest BCUT2D eigenvalue weighted by Crippen LogP contribution is -2.43. The van der Waals surface area contributed by atoms with Crippen LogP contribution in [0.1, 0.15) is 19.7 Å². The maximum absolute atomic E-state index is 12.2. The highest BCUT2D eigenvalue weighted by molar-refractivity contribution is 7.99. The van der Waals surface area contributed by atoms with Gasteiger partial charge in [0.05, 0.1) is 17.2 Å². The molecular weight excluding hydrogens is 364 g/mol. The molecule has 0 aliphatic rings. The van der Waals surface area contributed by atoms with E-state index in [1.807, 2.05) is 12.1 Å². The molecule has 0 aliphatic heterocycles. The number of hydrogen-bond donors (Lipinski definition) is 1. The van der Waals surface area contributed by atoms with Crippen molar-refractivity contribution in [1.29, 1.82) is 0 Å². The summed E-state index contributed by atoms with van der Waals surface area (Å²) in [5.74, 6) is 0.264. The fourth-order valence-electron chi connectivity index (χ4n) is 2.04. The number of oxazole rings is 1. The highest BCUT2D eigenvalue weighted by Gasteiger charge is 2.26. The molecule has 0 saturated heterocycles. The van der Waals surface area contributed by atoms with Gasteiger partial charge in [-0.15, -0.1) is 11.8 Å². The summed E-state index contributed by atoms with van der Waals surface area (Å²) in [6.07, 6.45) is 1.63. The normalized spacial score (nSPS) is 13.3. The van der Waals surface area contributed by atoms with Gasteiger partial charge < -0.3 is 14.4 Å². The Kier molecular flexibility index (Phi) is 6.50. The Morgan fingerprint density at radius 2 is 1.96 bits per heavy atom. The number of hydrogen-bond acceptors (Lipinski definition) is 5. The van der Waals surface area contributed by atoms with Crippen molar-refractivity contribution in [2.75, 3.05) is 7.05 Å². The van der Waals surface area contributed by atoms with Gasteiger partial charge in [0.2, 0.25) is 11.8 Å². The molecule has 0 radical (unpaired) electrons. The maximum atomic E-state index is 12.2. The molecule has 1 aromatic heterocycles. The molecule has 0 fully saturated rings. The minimum Gasteiger partial charge on any atom is -0.480 e. The van der Waals surface area contributed by atoms with Crippen molar-refractivity contribution in [3.05, 3.63) is 41.4 Å². The predicted octanol–water partition coefficient (Wildman–Crippen LogP) is 3.55. The van der Waals surface area contributed by atoms with Crippen LogP contribution in [0, 0.1) is 0 Å². The maximum Gasteiger partial charge on any atom is 0.326 e. The number of halogens is 1. The Bertz CT molecular complexity index is 747. The molecule has 6 nitrogen and oxygen atoms in total. The summed E-state index contributed by atoms with van der Waals surface area (Å²) in [6.45, 7) is 3.21. The summed E-state index contributed by atoms with van der Waals surface area (Å²) in [5.41, 5.74) is 0.868. The molecule has 2 aromatic rings. The van der Waals surface area contributed by atoms with Crippen LogP contribution in [0.3, 0.4) is 0 Å². The monoisotopic (exact) mass is 382 g/mol. The molecular formula is C17H19ClN2O4S. The summed E-state index contributed by atoms with van der Waals surface area (Å²) in [6, 6.07) is 6.36. The van der Waals surface area contributed by atoms with Gasteiger partial charge in [-0.25, -0.2) is 9.78 Å². The second kappa shape index (κ2) is 8.40. The van der Waals surface area contributed by atoms with Crippen LogP contribution in [0.25, 0.3) is 11.3 Å². The summed E-state index contributed by atoms with van der Waals surface area (Å²) < 4.78 is 5.69. The van der Waals surface area contributed by atoms with E-state index in [2.05, 4.69) is 4.98 Å². The third-order valence-corrected chi connectivity index (χ3v) is 5.14. The van der Waals surface area contributed by atoms with E-state index in [0.717, 1.165) is 5.56 Å². The van der Waals surface area contributed by atoms with Crippen molar-refractivity contribution < 1.29 is 19.1 Å². The van der Waals surface area contributed by atoms with Crippen molar-refractivity contribution >= 4 is 35.2 Å². The zero-order chi connectivity index (χ0) is 18.6. The number of thioether (sulfide) groups is 1. The molecule has 134 valence electrons. The quantitative estimate of drug-likeness (QED) is 0.788. The molecule has 1 heterocycles. The van der Waals surface area contributed by atoms with Gasteiger partial charge in [0, 0.05) is 17.6 Å². The molecule has 2 rings (SSSR count). The molecule has 0 saturated carbocycles. The number of aromatic nitrogens is 1. The number of carbonyl (C=O) groups is 2. The molecule has 0 aliphatic carbocycles. The first-order valence-corrected chi connectivity index (χ1v) is 9.04. The summed E-state index contributed by atoms with van der Waals surface area (Å²) in [5, 5.41) is 9.22. The third kappa shape index (κ3) is 4.99. The van der Waals surface area contributed by atoms with Gasteiger partial charge in [-0.05, 0) is 38.1 Å². The van der Waals surface area contributed by atoms with Gasteiger partial charge in [-0.2, -0.15) is 0 Å². The lowest BCUT2D eigenvalue weighted by atomic mass is 10.2. The second-order valence-electron chi connectivity index (χ2n) is 5.54. The van der Waals surface area contributed by atoms with Crippen molar-refractivity contribution in [3.8, 4) is 11.3 Å². The van der Waals surface area contributed by atoms with Crippen LogP contribution in [-0.4, -0.2) is 45.2 Å². The number of carboxylic acid groups (broad SMARTS) is 1. The fourth-order valence-corrected chi connectivity index (χ4v) is 3.00. The van der Waals surface area contributed by atoms with Crippen LogP contribution in [0.4, 0.5) is 0 Å². The van der Waals surface area contributed by atoms with E-state index < -0.39 is 17.3 Å². The Balaban J connectivity index is 1.94. The van der Waals surface area contributed by atoms with Crippen molar-refractivity contribution in [3.63, 3.8) is 0 Å². The van der Waals surface area contributed by atoms with E-state index in [1.54, 1.807) is 25.3 Å². The average molecular weight is 383 g/mol. The number of benzene rings is 1. The number of aliphatic carboxylic acids is 1. The van der Waals surface area contributed by atoms with Gasteiger partial charge >= 0.3 is 5.97 Å². The fraction of sp³-hybridized carbons (Fsp3) is 0.353. The van der Waals surface area contributed by atoms with Gasteiger partial charge in [-0.1, -0.05) is 11.6 Å². The van der Waals surface area contributed by atoms with Gasteiger partial charge in [0.25, 0.3) is 0 Å². The summed E-state index contributed by atoms with van der Waals surface area (Å²) >= 11 is 7.21.